The minimum absolute atomic E-state index is 0.0883. The summed E-state index contributed by atoms with van der Waals surface area (Å²) in [6, 6.07) is 1.38. The fourth-order valence-corrected chi connectivity index (χ4v) is 2.28. The van der Waals surface area contributed by atoms with Crippen molar-refractivity contribution in [1.82, 2.24) is 9.97 Å². The summed E-state index contributed by atoms with van der Waals surface area (Å²) in [5, 5.41) is 0.0883. The molecule has 0 spiro atoms. The van der Waals surface area contributed by atoms with Gasteiger partial charge in [0, 0.05) is 6.20 Å². The first-order chi connectivity index (χ1) is 9.28. The average Bonchev–Trinajstić information content (AvgIpc) is 2.69. The third-order valence-corrected chi connectivity index (χ3v) is 3.03. The normalized spacial score (nSPS) is 20.9. The summed E-state index contributed by atoms with van der Waals surface area (Å²) >= 11 is 5.77. The molecule has 2 rings (SSSR count). The van der Waals surface area contributed by atoms with Crippen molar-refractivity contribution in [3.8, 4) is 0 Å². The third kappa shape index (κ3) is 3.37. The molecule has 0 aromatic carbocycles. The lowest BCUT2D eigenvalue weighted by Crippen LogP contribution is -2.45. The highest BCUT2D eigenvalue weighted by Crippen LogP contribution is 2.26. The summed E-state index contributed by atoms with van der Waals surface area (Å²) in [6.45, 7) is 8.07. The second kappa shape index (κ2) is 5.54. The standard InChI is InChI=1S/C13H18ClN3O3/c1-8(20-13(2,3)4)9-7-19-12(18)17(9)10-5-6-15-11(14)16-10/h5-6,8-9H,7H2,1-4H3/t8-,9?/m0/s1. The number of hydrogen-bond donors (Lipinski definition) is 0. The van der Waals surface area contributed by atoms with E-state index in [-0.39, 0.29) is 29.6 Å². The van der Waals surface area contributed by atoms with Crippen molar-refractivity contribution in [2.75, 3.05) is 11.5 Å². The minimum Gasteiger partial charge on any atom is -0.447 e. The Bertz CT molecular complexity index is 504. The van der Waals surface area contributed by atoms with Gasteiger partial charge in [-0.15, -0.1) is 0 Å². The van der Waals surface area contributed by atoms with Crippen LogP contribution in [0.15, 0.2) is 12.3 Å². The van der Waals surface area contributed by atoms with Gasteiger partial charge in [0.05, 0.1) is 11.7 Å². The summed E-state index contributed by atoms with van der Waals surface area (Å²) in [5.74, 6) is 0.418. The topological polar surface area (TPSA) is 64.6 Å². The van der Waals surface area contributed by atoms with Gasteiger partial charge in [0.2, 0.25) is 5.28 Å². The van der Waals surface area contributed by atoms with E-state index in [2.05, 4.69) is 9.97 Å². The Morgan fingerprint density at radius 1 is 1.55 bits per heavy atom. The summed E-state index contributed by atoms with van der Waals surface area (Å²) in [7, 11) is 0. The molecule has 0 aliphatic carbocycles. The lowest BCUT2D eigenvalue weighted by atomic mass is 10.1. The van der Waals surface area contributed by atoms with Crippen molar-refractivity contribution in [3.05, 3.63) is 17.5 Å². The number of nitrogens with zero attached hydrogens (tertiary/aromatic N) is 3. The van der Waals surface area contributed by atoms with Crippen molar-refractivity contribution < 1.29 is 14.3 Å². The zero-order valence-electron chi connectivity index (χ0n) is 12.0. The number of anilines is 1. The van der Waals surface area contributed by atoms with Crippen LogP contribution < -0.4 is 4.90 Å². The Morgan fingerprint density at radius 2 is 2.25 bits per heavy atom. The fraction of sp³-hybridized carbons (Fsp3) is 0.615. The highest BCUT2D eigenvalue weighted by Gasteiger charge is 2.40. The highest BCUT2D eigenvalue weighted by atomic mass is 35.5. The number of carbonyl (C=O) groups is 1. The second-order valence-electron chi connectivity index (χ2n) is 5.63. The first-order valence-corrected chi connectivity index (χ1v) is 6.78. The zero-order valence-corrected chi connectivity index (χ0v) is 12.7. The molecule has 1 amide bonds. The number of hydrogen-bond acceptors (Lipinski definition) is 5. The molecule has 0 bridgehead atoms. The van der Waals surface area contributed by atoms with Crippen molar-refractivity contribution in [3.63, 3.8) is 0 Å². The van der Waals surface area contributed by atoms with E-state index in [4.69, 9.17) is 21.1 Å². The molecule has 1 saturated heterocycles. The smallest absolute Gasteiger partial charge is 0.416 e. The molecule has 0 saturated carbocycles. The zero-order chi connectivity index (χ0) is 14.9. The SMILES string of the molecule is C[C@H](OC(C)(C)C)C1COC(=O)N1c1ccnc(Cl)n1. The summed E-state index contributed by atoms with van der Waals surface area (Å²) in [5.41, 5.74) is -0.306. The van der Waals surface area contributed by atoms with Crippen molar-refractivity contribution in [1.29, 1.82) is 0 Å². The number of amides is 1. The van der Waals surface area contributed by atoms with E-state index >= 15 is 0 Å². The number of halogens is 1. The van der Waals surface area contributed by atoms with Gasteiger partial charge in [-0.25, -0.2) is 14.8 Å². The Kier molecular flexibility index (Phi) is 4.15. The van der Waals surface area contributed by atoms with Crippen LogP contribution in [0, 0.1) is 0 Å². The molecule has 2 heterocycles. The van der Waals surface area contributed by atoms with E-state index < -0.39 is 6.09 Å². The molecule has 2 atom stereocenters. The van der Waals surface area contributed by atoms with Crippen LogP contribution in [-0.4, -0.2) is 40.4 Å². The monoisotopic (exact) mass is 299 g/mol. The van der Waals surface area contributed by atoms with E-state index in [1.165, 1.54) is 11.1 Å². The van der Waals surface area contributed by atoms with Crippen LogP contribution in [0.5, 0.6) is 0 Å². The third-order valence-electron chi connectivity index (χ3n) is 2.85. The molecule has 7 heteroatoms. The first-order valence-electron chi connectivity index (χ1n) is 6.40. The van der Waals surface area contributed by atoms with Gasteiger partial charge in [-0.1, -0.05) is 0 Å². The number of ether oxygens (including phenoxy) is 2. The molecular formula is C13H18ClN3O3. The molecule has 0 N–H and O–H groups in total. The summed E-state index contributed by atoms with van der Waals surface area (Å²) < 4.78 is 11.0. The molecule has 1 aliphatic rings. The number of rotatable bonds is 3. The minimum atomic E-state index is -0.450. The molecule has 110 valence electrons. The summed E-state index contributed by atoms with van der Waals surface area (Å²) in [6.07, 6.45) is 0.854. The number of aromatic nitrogens is 2. The van der Waals surface area contributed by atoms with Crippen LogP contribution in [0.25, 0.3) is 0 Å². The number of carbonyl (C=O) groups excluding carboxylic acids is 1. The van der Waals surface area contributed by atoms with Gasteiger partial charge >= 0.3 is 6.09 Å². The maximum absolute atomic E-state index is 11.9. The largest absolute Gasteiger partial charge is 0.447 e. The lowest BCUT2D eigenvalue weighted by molar-refractivity contribution is -0.0618. The molecular weight excluding hydrogens is 282 g/mol. The van der Waals surface area contributed by atoms with Crippen LogP contribution in [0.4, 0.5) is 10.6 Å². The van der Waals surface area contributed by atoms with Gasteiger partial charge in [-0.3, -0.25) is 4.90 Å². The van der Waals surface area contributed by atoms with E-state index in [1.807, 2.05) is 27.7 Å². The van der Waals surface area contributed by atoms with Crippen LogP contribution in [0.2, 0.25) is 5.28 Å². The van der Waals surface area contributed by atoms with Crippen molar-refractivity contribution in [2.45, 2.75) is 45.4 Å². The molecule has 1 aromatic rings. The molecule has 6 nitrogen and oxygen atoms in total. The van der Waals surface area contributed by atoms with Gasteiger partial charge in [-0.2, -0.15) is 0 Å². The predicted molar refractivity (Wildman–Crippen MR) is 75.0 cm³/mol. The average molecular weight is 300 g/mol. The molecule has 1 aromatic heterocycles. The maximum Gasteiger partial charge on any atom is 0.416 e. The van der Waals surface area contributed by atoms with Crippen molar-refractivity contribution in [2.24, 2.45) is 0 Å². The van der Waals surface area contributed by atoms with Crippen LogP contribution >= 0.6 is 11.6 Å². The fourth-order valence-electron chi connectivity index (χ4n) is 2.14. The molecule has 20 heavy (non-hydrogen) atoms. The maximum atomic E-state index is 11.9. The summed E-state index contributed by atoms with van der Waals surface area (Å²) in [4.78, 5) is 21.2. The Hall–Kier alpha value is -1.40. The molecule has 1 fully saturated rings. The van der Waals surface area contributed by atoms with E-state index in [0.29, 0.717) is 5.82 Å². The van der Waals surface area contributed by atoms with E-state index in [9.17, 15) is 4.79 Å². The molecule has 1 aliphatic heterocycles. The van der Waals surface area contributed by atoms with E-state index in [0.717, 1.165) is 0 Å². The van der Waals surface area contributed by atoms with Crippen molar-refractivity contribution >= 4 is 23.5 Å². The van der Waals surface area contributed by atoms with Gasteiger partial charge in [0.25, 0.3) is 0 Å². The van der Waals surface area contributed by atoms with Gasteiger partial charge in [0.1, 0.15) is 18.5 Å². The Morgan fingerprint density at radius 3 is 2.85 bits per heavy atom. The predicted octanol–water partition coefficient (Wildman–Crippen LogP) is 2.66. The first kappa shape index (κ1) is 15.0. The second-order valence-corrected chi connectivity index (χ2v) is 5.97. The number of cyclic esters (lactones) is 1. The van der Waals surface area contributed by atoms with Crippen LogP contribution in [0.3, 0.4) is 0 Å². The van der Waals surface area contributed by atoms with E-state index in [1.54, 1.807) is 6.07 Å². The Labute approximate surface area is 123 Å². The molecule has 0 radical (unpaired) electrons. The highest BCUT2D eigenvalue weighted by molar-refractivity contribution is 6.28. The van der Waals surface area contributed by atoms with Gasteiger partial charge in [0.15, 0.2) is 0 Å². The van der Waals surface area contributed by atoms with Crippen LogP contribution in [0.1, 0.15) is 27.7 Å². The lowest BCUT2D eigenvalue weighted by Gasteiger charge is -2.31. The van der Waals surface area contributed by atoms with Gasteiger partial charge < -0.3 is 9.47 Å². The Balaban J connectivity index is 2.23. The van der Waals surface area contributed by atoms with Gasteiger partial charge in [-0.05, 0) is 45.4 Å². The quantitative estimate of drug-likeness (QED) is 0.803. The van der Waals surface area contributed by atoms with Crippen LogP contribution in [-0.2, 0) is 9.47 Å². The molecule has 1 unspecified atom stereocenters.